The molecule has 0 bridgehead atoms. The number of pyridine rings is 1. The molecule has 1 heterocycles. The monoisotopic (exact) mass is 356 g/mol. The van der Waals surface area contributed by atoms with Crippen molar-refractivity contribution >= 4 is 27.6 Å². The molecule has 4 heteroatoms. The van der Waals surface area contributed by atoms with Crippen molar-refractivity contribution in [1.29, 1.82) is 0 Å². The van der Waals surface area contributed by atoms with Gasteiger partial charge in [0.1, 0.15) is 0 Å². The Hall–Kier alpha value is -3.40. The fourth-order valence-corrected chi connectivity index (χ4v) is 3.54. The van der Waals surface area contributed by atoms with E-state index < -0.39 is 0 Å². The number of fused-ring (bicyclic) bond motifs is 2. The zero-order valence-corrected chi connectivity index (χ0v) is 15.2. The second kappa shape index (κ2) is 6.72. The maximum absolute atomic E-state index is 12.9. The van der Waals surface area contributed by atoms with Gasteiger partial charge in [-0.3, -0.25) is 9.59 Å². The fourth-order valence-electron chi connectivity index (χ4n) is 3.54. The second-order valence-electron chi connectivity index (χ2n) is 6.84. The van der Waals surface area contributed by atoms with Gasteiger partial charge in [-0.1, -0.05) is 42.5 Å². The van der Waals surface area contributed by atoms with Gasteiger partial charge in [-0.25, -0.2) is 0 Å². The van der Waals surface area contributed by atoms with Gasteiger partial charge in [0.25, 0.3) is 5.91 Å². The highest BCUT2D eigenvalue weighted by Gasteiger charge is 2.16. The lowest BCUT2D eigenvalue weighted by atomic mass is 9.99. The topological polar surface area (TPSA) is 62.0 Å². The summed E-state index contributed by atoms with van der Waals surface area (Å²) in [5.41, 5.74) is 3.00. The Kier molecular flexibility index (Phi) is 4.24. The first-order valence-corrected chi connectivity index (χ1v) is 8.95. The molecule has 0 radical (unpaired) electrons. The van der Waals surface area contributed by atoms with Crippen LogP contribution in [0, 0.1) is 6.92 Å². The second-order valence-corrected chi connectivity index (χ2v) is 6.84. The summed E-state index contributed by atoms with van der Waals surface area (Å²) in [4.78, 5) is 27.3. The number of aryl methyl sites for hydroxylation is 1. The maximum Gasteiger partial charge on any atom is 0.252 e. The summed E-state index contributed by atoms with van der Waals surface area (Å²) in [6.45, 7) is 3.89. The van der Waals surface area contributed by atoms with Crippen LogP contribution in [-0.4, -0.2) is 10.9 Å². The van der Waals surface area contributed by atoms with E-state index in [2.05, 4.69) is 28.5 Å². The molecule has 3 aromatic carbocycles. The van der Waals surface area contributed by atoms with Crippen molar-refractivity contribution in [2.24, 2.45) is 0 Å². The van der Waals surface area contributed by atoms with Crippen LogP contribution in [0.2, 0.25) is 0 Å². The highest BCUT2D eigenvalue weighted by Crippen LogP contribution is 2.25. The number of hydrogen-bond acceptors (Lipinski definition) is 2. The molecule has 134 valence electrons. The Morgan fingerprint density at radius 3 is 2.59 bits per heavy atom. The van der Waals surface area contributed by atoms with E-state index in [0.717, 1.165) is 27.3 Å². The van der Waals surface area contributed by atoms with Gasteiger partial charge >= 0.3 is 0 Å². The molecule has 0 aliphatic rings. The van der Waals surface area contributed by atoms with Crippen molar-refractivity contribution < 1.29 is 4.79 Å². The van der Waals surface area contributed by atoms with E-state index >= 15 is 0 Å². The lowest BCUT2D eigenvalue weighted by molar-refractivity contribution is 0.0939. The number of carbonyl (C=O) groups excluding carboxylic acids is 1. The maximum atomic E-state index is 12.9. The lowest BCUT2D eigenvalue weighted by Gasteiger charge is -2.18. The predicted molar refractivity (Wildman–Crippen MR) is 109 cm³/mol. The molecule has 0 saturated carbocycles. The van der Waals surface area contributed by atoms with Crippen LogP contribution in [-0.2, 0) is 0 Å². The minimum absolute atomic E-state index is 0.145. The average molecular weight is 356 g/mol. The average Bonchev–Trinajstić information content (AvgIpc) is 2.67. The summed E-state index contributed by atoms with van der Waals surface area (Å²) in [6, 6.07) is 21.0. The van der Waals surface area contributed by atoms with Gasteiger partial charge in [0.2, 0.25) is 5.56 Å². The van der Waals surface area contributed by atoms with E-state index in [1.165, 1.54) is 6.07 Å². The van der Waals surface area contributed by atoms with Gasteiger partial charge in [-0.2, -0.15) is 0 Å². The van der Waals surface area contributed by atoms with Crippen molar-refractivity contribution in [3.05, 3.63) is 93.8 Å². The molecule has 1 amide bonds. The Labute approximate surface area is 156 Å². The molecule has 1 unspecified atom stereocenters. The Morgan fingerprint density at radius 2 is 1.74 bits per heavy atom. The summed E-state index contributed by atoms with van der Waals surface area (Å²) in [6.07, 6.45) is 0. The predicted octanol–water partition coefficient (Wildman–Crippen LogP) is 4.48. The summed E-state index contributed by atoms with van der Waals surface area (Å²) in [7, 11) is 0. The summed E-state index contributed by atoms with van der Waals surface area (Å²) < 4.78 is 0. The van der Waals surface area contributed by atoms with E-state index in [9.17, 15) is 9.59 Å². The van der Waals surface area contributed by atoms with E-state index in [-0.39, 0.29) is 17.5 Å². The van der Waals surface area contributed by atoms with Crippen LogP contribution in [0.1, 0.15) is 34.5 Å². The van der Waals surface area contributed by atoms with Crippen LogP contribution in [0.25, 0.3) is 21.7 Å². The zero-order chi connectivity index (χ0) is 19.0. The van der Waals surface area contributed by atoms with Gasteiger partial charge in [-0.05, 0) is 59.3 Å². The third kappa shape index (κ3) is 3.22. The number of aromatic nitrogens is 1. The summed E-state index contributed by atoms with van der Waals surface area (Å²) in [5.74, 6) is -0.153. The Balaban J connectivity index is 1.68. The number of amides is 1. The van der Waals surface area contributed by atoms with Crippen molar-refractivity contribution in [1.82, 2.24) is 10.3 Å². The number of carbonyl (C=O) groups is 1. The van der Waals surface area contributed by atoms with Gasteiger partial charge < -0.3 is 10.3 Å². The van der Waals surface area contributed by atoms with Crippen molar-refractivity contribution in [3.63, 3.8) is 0 Å². The molecule has 2 N–H and O–H groups in total. The molecule has 4 nitrogen and oxygen atoms in total. The normalized spacial score (nSPS) is 12.2. The number of H-pyrrole nitrogens is 1. The molecule has 4 aromatic rings. The van der Waals surface area contributed by atoms with Crippen LogP contribution < -0.4 is 10.9 Å². The van der Waals surface area contributed by atoms with Crippen LogP contribution in [0.4, 0.5) is 0 Å². The molecule has 0 fully saturated rings. The fraction of sp³-hybridized carbons (Fsp3) is 0.130. The molecule has 4 rings (SSSR count). The third-order valence-corrected chi connectivity index (χ3v) is 4.95. The number of benzene rings is 3. The zero-order valence-electron chi connectivity index (χ0n) is 15.2. The molecule has 1 atom stereocenters. The van der Waals surface area contributed by atoms with Gasteiger partial charge in [-0.15, -0.1) is 0 Å². The van der Waals surface area contributed by atoms with Crippen LogP contribution >= 0.6 is 0 Å². The number of rotatable bonds is 3. The molecular formula is C23H20N2O2. The quantitative estimate of drug-likeness (QED) is 0.568. The number of aromatic amines is 1. The smallest absolute Gasteiger partial charge is 0.252 e. The van der Waals surface area contributed by atoms with E-state index in [1.54, 1.807) is 12.1 Å². The lowest BCUT2D eigenvalue weighted by Crippen LogP contribution is -2.27. The first-order chi connectivity index (χ1) is 13.0. The largest absolute Gasteiger partial charge is 0.345 e. The summed E-state index contributed by atoms with van der Waals surface area (Å²) >= 11 is 0. The SMILES string of the molecule is Cc1cc2ccc(=O)[nH]c2cc1C(=O)NC(C)c1cccc2ccccc12. The minimum Gasteiger partial charge on any atom is -0.345 e. The van der Waals surface area contributed by atoms with Gasteiger partial charge in [0.15, 0.2) is 0 Å². The highest BCUT2D eigenvalue weighted by atomic mass is 16.1. The number of nitrogens with one attached hydrogen (secondary N) is 2. The van der Waals surface area contributed by atoms with Crippen molar-refractivity contribution in [2.75, 3.05) is 0 Å². The molecule has 0 spiro atoms. The van der Waals surface area contributed by atoms with Crippen molar-refractivity contribution in [3.8, 4) is 0 Å². The standard InChI is InChI=1S/C23H20N2O2/c1-14-12-17-10-11-22(26)25-21(17)13-20(14)23(27)24-15(2)18-9-5-7-16-6-3-4-8-19(16)18/h3-13,15H,1-2H3,(H,24,27)(H,25,26). The van der Waals surface area contributed by atoms with E-state index in [0.29, 0.717) is 11.1 Å². The Morgan fingerprint density at radius 1 is 0.963 bits per heavy atom. The summed E-state index contributed by atoms with van der Waals surface area (Å²) in [5, 5.41) is 6.28. The molecule has 0 saturated heterocycles. The first kappa shape index (κ1) is 17.0. The van der Waals surface area contributed by atoms with Crippen molar-refractivity contribution in [2.45, 2.75) is 19.9 Å². The molecule has 0 aliphatic carbocycles. The molecule has 1 aromatic heterocycles. The number of hydrogen-bond donors (Lipinski definition) is 2. The Bertz CT molecular complexity index is 1220. The van der Waals surface area contributed by atoms with E-state index in [4.69, 9.17) is 0 Å². The van der Waals surface area contributed by atoms with Crippen LogP contribution in [0.15, 0.2) is 71.5 Å². The molecular weight excluding hydrogens is 336 g/mol. The highest BCUT2D eigenvalue weighted by molar-refractivity contribution is 6.00. The molecule has 0 aliphatic heterocycles. The molecule has 27 heavy (non-hydrogen) atoms. The third-order valence-electron chi connectivity index (χ3n) is 4.95. The first-order valence-electron chi connectivity index (χ1n) is 8.95. The van der Waals surface area contributed by atoms with Gasteiger partial charge in [0.05, 0.1) is 6.04 Å². The minimum atomic E-state index is -0.179. The van der Waals surface area contributed by atoms with Gasteiger partial charge in [0, 0.05) is 17.1 Å². The van der Waals surface area contributed by atoms with Crippen LogP contribution in [0.3, 0.4) is 0 Å². The van der Waals surface area contributed by atoms with E-state index in [1.807, 2.05) is 44.2 Å². The van der Waals surface area contributed by atoms with Crippen LogP contribution in [0.5, 0.6) is 0 Å².